The molecule has 1 fully saturated rings. The summed E-state index contributed by atoms with van der Waals surface area (Å²) in [5.41, 5.74) is 0.803. The Kier molecular flexibility index (Phi) is 4.70. The average molecular weight is 340 g/mol. The molecule has 2 N–H and O–H groups in total. The van der Waals surface area contributed by atoms with Gasteiger partial charge in [-0.1, -0.05) is 43.3 Å². The minimum atomic E-state index is -0.958. The third kappa shape index (κ3) is 3.47. The van der Waals surface area contributed by atoms with Gasteiger partial charge in [0, 0.05) is 24.9 Å². The minimum absolute atomic E-state index is 0.0626. The number of amides is 2. The molecular formula is C19H20N2O4. The highest BCUT2D eigenvalue weighted by Gasteiger charge is 2.35. The summed E-state index contributed by atoms with van der Waals surface area (Å²) in [5, 5.41) is 13.5. The summed E-state index contributed by atoms with van der Waals surface area (Å²) in [5.74, 6) is -2.45. The van der Waals surface area contributed by atoms with Crippen molar-refractivity contribution in [2.45, 2.75) is 13.3 Å². The first kappa shape index (κ1) is 17.0. The number of carbonyl (C=O) groups is 3. The van der Waals surface area contributed by atoms with Gasteiger partial charge >= 0.3 is 5.97 Å². The third-order valence-corrected chi connectivity index (χ3v) is 4.56. The maximum Gasteiger partial charge on any atom is 0.308 e. The van der Waals surface area contributed by atoms with Crippen LogP contribution in [-0.4, -0.2) is 36.0 Å². The zero-order chi connectivity index (χ0) is 18.0. The third-order valence-electron chi connectivity index (χ3n) is 4.56. The Labute approximate surface area is 145 Å². The molecule has 1 heterocycles. The van der Waals surface area contributed by atoms with Gasteiger partial charge in [-0.3, -0.25) is 14.4 Å². The Bertz CT molecular complexity index is 828. The van der Waals surface area contributed by atoms with E-state index in [0.29, 0.717) is 6.54 Å². The fourth-order valence-electron chi connectivity index (χ4n) is 3.05. The molecule has 1 aliphatic heterocycles. The van der Waals surface area contributed by atoms with E-state index in [0.717, 1.165) is 16.5 Å². The number of carboxylic acids is 1. The van der Waals surface area contributed by atoms with E-state index in [1.807, 2.05) is 42.5 Å². The number of anilines is 1. The molecule has 2 unspecified atom stereocenters. The summed E-state index contributed by atoms with van der Waals surface area (Å²) in [6, 6.07) is 13.6. The molecule has 0 spiro atoms. The highest BCUT2D eigenvalue weighted by molar-refractivity contribution is 6.07. The molecule has 0 bridgehead atoms. The first-order chi connectivity index (χ1) is 12.0. The Hall–Kier alpha value is -2.89. The monoisotopic (exact) mass is 340 g/mol. The lowest BCUT2D eigenvalue weighted by Gasteiger charge is -2.19. The van der Waals surface area contributed by atoms with Crippen LogP contribution in [0.1, 0.15) is 13.3 Å². The number of fused-ring (bicyclic) bond motifs is 1. The summed E-state index contributed by atoms with van der Waals surface area (Å²) in [6.07, 6.45) is 0.135. The van der Waals surface area contributed by atoms with Crippen molar-refractivity contribution >= 4 is 34.2 Å². The zero-order valence-electron chi connectivity index (χ0n) is 13.9. The molecule has 2 aromatic carbocycles. The second-order valence-electron chi connectivity index (χ2n) is 6.39. The quantitative estimate of drug-likeness (QED) is 0.872. The van der Waals surface area contributed by atoms with Crippen LogP contribution in [-0.2, 0) is 14.4 Å². The van der Waals surface area contributed by atoms with Crippen LogP contribution < -0.4 is 10.2 Å². The summed E-state index contributed by atoms with van der Waals surface area (Å²) in [4.78, 5) is 37.2. The fourth-order valence-corrected chi connectivity index (χ4v) is 3.05. The first-order valence-corrected chi connectivity index (χ1v) is 8.26. The van der Waals surface area contributed by atoms with Crippen LogP contribution in [0.3, 0.4) is 0 Å². The highest BCUT2D eigenvalue weighted by Crippen LogP contribution is 2.31. The number of aliphatic carboxylic acids is 1. The summed E-state index contributed by atoms with van der Waals surface area (Å²) in [7, 11) is 0. The normalized spacial score (nSPS) is 18.4. The summed E-state index contributed by atoms with van der Waals surface area (Å²) < 4.78 is 0. The lowest BCUT2D eigenvalue weighted by molar-refractivity contribution is -0.141. The molecule has 0 saturated carbocycles. The topological polar surface area (TPSA) is 86.7 Å². The van der Waals surface area contributed by atoms with E-state index in [-0.39, 0.29) is 24.8 Å². The van der Waals surface area contributed by atoms with Crippen LogP contribution in [0, 0.1) is 11.8 Å². The van der Waals surface area contributed by atoms with Crippen molar-refractivity contribution in [1.29, 1.82) is 0 Å². The molecule has 3 rings (SSSR count). The van der Waals surface area contributed by atoms with Gasteiger partial charge in [0.2, 0.25) is 11.8 Å². The molecule has 2 aromatic rings. The van der Waals surface area contributed by atoms with Gasteiger partial charge in [0.05, 0.1) is 17.5 Å². The first-order valence-electron chi connectivity index (χ1n) is 8.26. The molecule has 6 heteroatoms. The summed E-state index contributed by atoms with van der Waals surface area (Å²) >= 11 is 0. The molecule has 6 nitrogen and oxygen atoms in total. The van der Waals surface area contributed by atoms with Crippen molar-refractivity contribution in [3.63, 3.8) is 0 Å². The number of carbonyl (C=O) groups excluding carboxylic acids is 2. The number of rotatable bonds is 5. The highest BCUT2D eigenvalue weighted by atomic mass is 16.4. The number of hydrogen-bond donors (Lipinski definition) is 2. The molecule has 0 radical (unpaired) electrons. The zero-order valence-corrected chi connectivity index (χ0v) is 13.9. The Morgan fingerprint density at radius 2 is 1.96 bits per heavy atom. The van der Waals surface area contributed by atoms with E-state index >= 15 is 0 Å². The standard InChI is InChI=1S/C19H20N2O4/c1-12(19(24)25)10-20-18(23)14-9-17(22)21(11-14)16-8-4-6-13-5-2-3-7-15(13)16/h2-8,12,14H,9-11H2,1H3,(H,20,23)(H,24,25). The molecule has 25 heavy (non-hydrogen) atoms. The second kappa shape index (κ2) is 6.93. The van der Waals surface area contributed by atoms with Gasteiger partial charge in [-0.25, -0.2) is 0 Å². The lowest BCUT2D eigenvalue weighted by atomic mass is 10.1. The molecule has 1 saturated heterocycles. The second-order valence-corrected chi connectivity index (χ2v) is 6.39. The maximum atomic E-state index is 12.4. The smallest absolute Gasteiger partial charge is 0.308 e. The van der Waals surface area contributed by atoms with E-state index in [1.54, 1.807) is 4.90 Å². The van der Waals surface area contributed by atoms with Crippen molar-refractivity contribution in [1.82, 2.24) is 5.32 Å². The fraction of sp³-hybridized carbons (Fsp3) is 0.316. The van der Waals surface area contributed by atoms with Crippen molar-refractivity contribution in [2.75, 3.05) is 18.0 Å². The average Bonchev–Trinajstić information content (AvgIpc) is 3.00. The molecule has 0 aliphatic carbocycles. The van der Waals surface area contributed by atoms with Gasteiger partial charge in [0.25, 0.3) is 0 Å². The van der Waals surface area contributed by atoms with Gasteiger partial charge < -0.3 is 15.3 Å². The molecule has 0 aromatic heterocycles. The molecular weight excluding hydrogens is 320 g/mol. The van der Waals surface area contributed by atoms with E-state index in [4.69, 9.17) is 5.11 Å². The van der Waals surface area contributed by atoms with Crippen LogP contribution in [0.15, 0.2) is 42.5 Å². The van der Waals surface area contributed by atoms with E-state index in [9.17, 15) is 14.4 Å². The molecule has 130 valence electrons. The SMILES string of the molecule is CC(CNC(=O)C1CC(=O)N(c2cccc3ccccc23)C1)C(=O)O. The van der Waals surface area contributed by atoms with Crippen LogP contribution in [0.4, 0.5) is 5.69 Å². The van der Waals surface area contributed by atoms with E-state index in [1.165, 1.54) is 6.92 Å². The minimum Gasteiger partial charge on any atom is -0.481 e. The maximum absolute atomic E-state index is 12.4. The van der Waals surface area contributed by atoms with E-state index < -0.39 is 17.8 Å². The van der Waals surface area contributed by atoms with Crippen LogP contribution >= 0.6 is 0 Å². The van der Waals surface area contributed by atoms with Gasteiger partial charge in [-0.05, 0) is 11.5 Å². The van der Waals surface area contributed by atoms with Gasteiger partial charge in [0.1, 0.15) is 0 Å². The van der Waals surface area contributed by atoms with Gasteiger partial charge in [-0.2, -0.15) is 0 Å². The largest absolute Gasteiger partial charge is 0.481 e. The predicted molar refractivity (Wildman–Crippen MR) is 94.2 cm³/mol. The molecule has 1 aliphatic rings. The molecule has 2 amide bonds. The number of carboxylic acid groups (broad SMARTS) is 1. The number of nitrogens with zero attached hydrogens (tertiary/aromatic N) is 1. The predicted octanol–water partition coefficient (Wildman–Crippen LogP) is 2.03. The van der Waals surface area contributed by atoms with Gasteiger partial charge in [0.15, 0.2) is 0 Å². The van der Waals surface area contributed by atoms with Crippen LogP contribution in [0.2, 0.25) is 0 Å². The lowest BCUT2D eigenvalue weighted by Crippen LogP contribution is -2.37. The van der Waals surface area contributed by atoms with Crippen LogP contribution in [0.25, 0.3) is 10.8 Å². The number of hydrogen-bond acceptors (Lipinski definition) is 3. The van der Waals surface area contributed by atoms with Crippen molar-refractivity contribution < 1.29 is 19.5 Å². The van der Waals surface area contributed by atoms with E-state index in [2.05, 4.69) is 5.32 Å². The van der Waals surface area contributed by atoms with Crippen molar-refractivity contribution in [3.8, 4) is 0 Å². The van der Waals surface area contributed by atoms with Gasteiger partial charge in [-0.15, -0.1) is 0 Å². The number of benzene rings is 2. The van der Waals surface area contributed by atoms with Crippen molar-refractivity contribution in [2.24, 2.45) is 11.8 Å². The van der Waals surface area contributed by atoms with Crippen molar-refractivity contribution in [3.05, 3.63) is 42.5 Å². The summed E-state index contributed by atoms with van der Waals surface area (Å²) in [6.45, 7) is 1.90. The molecule has 2 atom stereocenters. The van der Waals surface area contributed by atoms with Crippen LogP contribution in [0.5, 0.6) is 0 Å². The Morgan fingerprint density at radius 3 is 2.72 bits per heavy atom. The number of nitrogens with one attached hydrogen (secondary N) is 1. The Morgan fingerprint density at radius 1 is 1.24 bits per heavy atom. The Balaban J connectivity index is 1.74.